The molecule has 6 heteroatoms. The summed E-state index contributed by atoms with van der Waals surface area (Å²) < 4.78 is 43.0. The van der Waals surface area contributed by atoms with Gasteiger partial charge in [-0.1, -0.05) is 25.1 Å². The number of alkyl halides is 3. The fourth-order valence-electron chi connectivity index (χ4n) is 2.11. The van der Waals surface area contributed by atoms with E-state index in [-0.39, 0.29) is 13.2 Å². The summed E-state index contributed by atoms with van der Waals surface area (Å²) in [7, 11) is 1.84. The molecule has 0 heterocycles. The van der Waals surface area contributed by atoms with Crippen LogP contribution in [0.1, 0.15) is 18.9 Å². The highest BCUT2D eigenvalue weighted by Crippen LogP contribution is 2.19. The largest absolute Gasteiger partial charge is 0.492 e. The summed E-state index contributed by atoms with van der Waals surface area (Å²) in [5.41, 5.74) is 0.998. The van der Waals surface area contributed by atoms with E-state index in [1.807, 2.05) is 38.2 Å². The highest BCUT2D eigenvalue weighted by Gasteiger charge is 2.30. The fraction of sp³-hybridized carbons (Fsp3) is 0.600. The number of halogens is 3. The second-order valence-electron chi connectivity index (χ2n) is 4.88. The lowest BCUT2D eigenvalue weighted by Crippen LogP contribution is -2.37. The lowest BCUT2D eigenvalue weighted by atomic mass is 10.2. The average Bonchev–Trinajstić information content (AvgIpc) is 2.39. The topological polar surface area (TPSA) is 24.5 Å². The predicted molar refractivity (Wildman–Crippen MR) is 77.5 cm³/mol. The van der Waals surface area contributed by atoms with E-state index in [2.05, 4.69) is 5.32 Å². The molecule has 21 heavy (non-hydrogen) atoms. The van der Waals surface area contributed by atoms with Crippen molar-refractivity contribution in [3.63, 3.8) is 0 Å². The summed E-state index contributed by atoms with van der Waals surface area (Å²) in [6.07, 6.45) is -3.48. The lowest BCUT2D eigenvalue weighted by molar-refractivity contribution is -0.146. The van der Waals surface area contributed by atoms with E-state index in [1.54, 1.807) is 0 Å². The van der Waals surface area contributed by atoms with Gasteiger partial charge in [0.25, 0.3) is 0 Å². The third-order valence-electron chi connectivity index (χ3n) is 2.95. The second-order valence-corrected chi connectivity index (χ2v) is 4.88. The van der Waals surface area contributed by atoms with E-state index in [0.717, 1.165) is 11.3 Å². The molecular formula is C15H23F3N2O. The Morgan fingerprint density at radius 1 is 1.19 bits per heavy atom. The number of hydrogen-bond donors (Lipinski definition) is 1. The van der Waals surface area contributed by atoms with Gasteiger partial charge in [0, 0.05) is 18.7 Å². The highest BCUT2D eigenvalue weighted by atomic mass is 19.4. The van der Waals surface area contributed by atoms with Crippen molar-refractivity contribution in [2.75, 3.05) is 33.3 Å². The van der Waals surface area contributed by atoms with Crippen LogP contribution < -0.4 is 10.1 Å². The first-order valence-electron chi connectivity index (χ1n) is 7.10. The average molecular weight is 304 g/mol. The van der Waals surface area contributed by atoms with Crippen molar-refractivity contribution in [1.29, 1.82) is 0 Å². The van der Waals surface area contributed by atoms with E-state index >= 15 is 0 Å². The Hall–Kier alpha value is -1.27. The fourth-order valence-corrected chi connectivity index (χ4v) is 2.11. The van der Waals surface area contributed by atoms with Gasteiger partial charge < -0.3 is 10.1 Å². The SMILES string of the molecule is CCCN(CCOc1ccccc1CNC)CC(F)(F)F. The van der Waals surface area contributed by atoms with Crippen LogP contribution in [-0.2, 0) is 6.54 Å². The molecular weight excluding hydrogens is 281 g/mol. The van der Waals surface area contributed by atoms with Crippen molar-refractivity contribution in [1.82, 2.24) is 10.2 Å². The standard InChI is InChI=1S/C15H23F3N2O/c1-3-8-20(12-15(16,17)18)9-10-21-14-7-5-4-6-13(14)11-19-2/h4-7,19H,3,8-12H2,1-2H3. The molecule has 1 N–H and O–H groups in total. The van der Waals surface area contributed by atoms with Gasteiger partial charge in [-0.2, -0.15) is 13.2 Å². The van der Waals surface area contributed by atoms with Gasteiger partial charge in [-0.3, -0.25) is 4.90 Å². The first-order chi connectivity index (χ1) is 9.96. The van der Waals surface area contributed by atoms with Crippen LogP contribution in [0.3, 0.4) is 0 Å². The molecule has 120 valence electrons. The molecule has 0 saturated heterocycles. The Labute approximate surface area is 124 Å². The number of benzene rings is 1. The molecule has 0 aromatic heterocycles. The van der Waals surface area contributed by atoms with Crippen molar-refractivity contribution >= 4 is 0 Å². The van der Waals surface area contributed by atoms with E-state index in [4.69, 9.17) is 4.74 Å². The summed E-state index contributed by atoms with van der Waals surface area (Å²) in [5.74, 6) is 0.718. The van der Waals surface area contributed by atoms with Gasteiger partial charge in [0.05, 0.1) is 6.54 Å². The number of rotatable bonds is 9. The lowest BCUT2D eigenvalue weighted by Gasteiger charge is -2.23. The van der Waals surface area contributed by atoms with Crippen molar-refractivity contribution in [3.05, 3.63) is 29.8 Å². The van der Waals surface area contributed by atoms with Gasteiger partial charge >= 0.3 is 6.18 Å². The molecule has 0 saturated carbocycles. The molecule has 1 rings (SSSR count). The number of hydrogen-bond acceptors (Lipinski definition) is 3. The van der Waals surface area contributed by atoms with Crippen molar-refractivity contribution in [3.8, 4) is 5.75 Å². The van der Waals surface area contributed by atoms with E-state index < -0.39 is 12.7 Å². The molecule has 1 aromatic carbocycles. The van der Waals surface area contributed by atoms with Crippen LogP contribution in [0.2, 0.25) is 0 Å². The molecule has 0 fully saturated rings. The highest BCUT2D eigenvalue weighted by molar-refractivity contribution is 5.33. The summed E-state index contributed by atoms with van der Waals surface area (Å²) in [6, 6.07) is 7.53. The maximum Gasteiger partial charge on any atom is 0.401 e. The Balaban J connectivity index is 2.50. The van der Waals surface area contributed by atoms with Gasteiger partial charge in [-0.25, -0.2) is 0 Å². The predicted octanol–water partition coefficient (Wildman–Crippen LogP) is 3.06. The van der Waals surface area contributed by atoms with Crippen LogP contribution in [0.4, 0.5) is 13.2 Å². The smallest absolute Gasteiger partial charge is 0.401 e. The molecule has 0 bridgehead atoms. The van der Waals surface area contributed by atoms with Crippen molar-refractivity contribution in [2.24, 2.45) is 0 Å². The van der Waals surface area contributed by atoms with E-state index in [9.17, 15) is 13.2 Å². The molecule has 0 aliphatic rings. The minimum absolute atomic E-state index is 0.247. The molecule has 0 aliphatic heterocycles. The molecule has 0 spiro atoms. The first kappa shape index (κ1) is 17.8. The molecule has 3 nitrogen and oxygen atoms in total. The van der Waals surface area contributed by atoms with Gasteiger partial charge in [0.1, 0.15) is 12.4 Å². The van der Waals surface area contributed by atoms with E-state index in [0.29, 0.717) is 19.5 Å². The number of nitrogens with zero attached hydrogens (tertiary/aromatic N) is 1. The molecule has 0 atom stereocenters. The van der Waals surface area contributed by atoms with Gasteiger partial charge in [0.15, 0.2) is 0 Å². The molecule has 1 aromatic rings. The third-order valence-corrected chi connectivity index (χ3v) is 2.95. The summed E-state index contributed by atoms with van der Waals surface area (Å²) >= 11 is 0. The Morgan fingerprint density at radius 2 is 1.90 bits per heavy atom. The monoisotopic (exact) mass is 304 g/mol. The van der Waals surface area contributed by atoms with Crippen LogP contribution in [0.25, 0.3) is 0 Å². The third kappa shape index (κ3) is 7.34. The van der Waals surface area contributed by atoms with Crippen LogP contribution in [0, 0.1) is 0 Å². The van der Waals surface area contributed by atoms with Gasteiger partial charge in [0.2, 0.25) is 0 Å². The van der Waals surface area contributed by atoms with Gasteiger partial charge in [-0.15, -0.1) is 0 Å². The normalized spacial score (nSPS) is 11.9. The minimum atomic E-state index is -4.17. The second kappa shape index (κ2) is 8.89. The Morgan fingerprint density at radius 3 is 2.52 bits per heavy atom. The maximum atomic E-state index is 12.5. The Bertz CT molecular complexity index is 410. The van der Waals surface area contributed by atoms with Crippen LogP contribution in [-0.4, -0.2) is 44.4 Å². The summed E-state index contributed by atoms with van der Waals surface area (Å²) in [5, 5.41) is 3.04. The quantitative estimate of drug-likeness (QED) is 0.759. The van der Waals surface area contributed by atoms with E-state index in [1.165, 1.54) is 4.90 Å². The zero-order valence-corrected chi connectivity index (χ0v) is 12.5. The number of ether oxygens (including phenoxy) is 1. The zero-order chi connectivity index (χ0) is 15.7. The van der Waals surface area contributed by atoms with Crippen molar-refractivity contribution in [2.45, 2.75) is 26.1 Å². The van der Waals surface area contributed by atoms with Gasteiger partial charge in [-0.05, 0) is 26.1 Å². The Kier molecular flexibility index (Phi) is 7.53. The summed E-state index contributed by atoms with van der Waals surface area (Å²) in [4.78, 5) is 1.38. The molecule has 0 aliphatic carbocycles. The van der Waals surface area contributed by atoms with Crippen LogP contribution in [0.5, 0.6) is 5.75 Å². The number of para-hydroxylation sites is 1. The maximum absolute atomic E-state index is 12.5. The molecule has 0 unspecified atom stereocenters. The minimum Gasteiger partial charge on any atom is -0.492 e. The number of nitrogens with one attached hydrogen (secondary N) is 1. The zero-order valence-electron chi connectivity index (χ0n) is 12.5. The first-order valence-corrected chi connectivity index (χ1v) is 7.10. The molecule has 0 amide bonds. The van der Waals surface area contributed by atoms with Crippen LogP contribution >= 0.6 is 0 Å². The van der Waals surface area contributed by atoms with Crippen LogP contribution in [0.15, 0.2) is 24.3 Å². The summed E-state index contributed by atoms with van der Waals surface area (Å²) in [6.45, 7) is 2.57. The van der Waals surface area contributed by atoms with Crippen molar-refractivity contribution < 1.29 is 17.9 Å². The molecule has 0 radical (unpaired) electrons.